The van der Waals surface area contributed by atoms with Gasteiger partial charge in [0.15, 0.2) is 0 Å². The van der Waals surface area contributed by atoms with Crippen LogP contribution in [0.15, 0.2) is 58.8 Å². The van der Waals surface area contributed by atoms with Crippen molar-refractivity contribution in [3.8, 4) is 11.5 Å². The first kappa shape index (κ1) is 22.7. The van der Waals surface area contributed by atoms with Gasteiger partial charge in [0.05, 0.1) is 31.2 Å². The molecule has 0 atom stereocenters. The second-order valence-corrected chi connectivity index (χ2v) is 7.25. The van der Waals surface area contributed by atoms with Crippen molar-refractivity contribution in [3.05, 3.63) is 54.2 Å². The van der Waals surface area contributed by atoms with Crippen molar-refractivity contribution in [2.24, 2.45) is 15.9 Å². The van der Waals surface area contributed by atoms with Crippen molar-refractivity contribution < 1.29 is 19.1 Å². The summed E-state index contributed by atoms with van der Waals surface area (Å²) < 4.78 is 12.9. The van der Waals surface area contributed by atoms with Gasteiger partial charge in [0.2, 0.25) is 0 Å². The predicted molar refractivity (Wildman–Crippen MR) is 125 cm³/mol. The van der Waals surface area contributed by atoms with Crippen LogP contribution in [0.5, 0.6) is 11.5 Å². The fraction of sp³-hybridized carbons (Fsp3) is 0.261. The molecule has 0 saturated carbocycles. The first-order chi connectivity index (χ1) is 15.4. The van der Waals surface area contributed by atoms with Crippen molar-refractivity contribution >= 4 is 34.5 Å². The van der Waals surface area contributed by atoms with Crippen LogP contribution in [0.2, 0.25) is 0 Å². The number of carbonyl (C=O) groups excluding carboxylic acids is 1. The van der Waals surface area contributed by atoms with E-state index in [1.54, 1.807) is 19.6 Å². The predicted octanol–water partition coefficient (Wildman–Crippen LogP) is 3.05. The zero-order chi connectivity index (χ0) is 23.1. The molecule has 3 rings (SSSR count). The molecule has 0 aliphatic carbocycles. The van der Waals surface area contributed by atoms with Crippen LogP contribution in [0.3, 0.4) is 0 Å². The zero-order valence-electron chi connectivity index (χ0n) is 18.6. The third-order valence-electron chi connectivity index (χ3n) is 4.61. The highest BCUT2D eigenvalue weighted by atomic mass is 16.6. The van der Waals surface area contributed by atoms with Gasteiger partial charge < -0.3 is 29.5 Å². The highest BCUT2D eigenvalue weighted by Crippen LogP contribution is 2.26. The van der Waals surface area contributed by atoms with Crippen molar-refractivity contribution in [3.63, 3.8) is 0 Å². The monoisotopic (exact) mass is 437 g/mol. The van der Waals surface area contributed by atoms with E-state index in [2.05, 4.69) is 10.1 Å². The number of oxime groups is 1. The van der Waals surface area contributed by atoms with Crippen LogP contribution in [0.1, 0.15) is 10.4 Å². The van der Waals surface area contributed by atoms with Crippen molar-refractivity contribution in [1.29, 1.82) is 0 Å². The molecule has 0 aliphatic rings. The van der Waals surface area contributed by atoms with Crippen LogP contribution in [0.4, 0.5) is 5.69 Å². The molecule has 0 spiro atoms. The van der Waals surface area contributed by atoms with Gasteiger partial charge in [-0.1, -0.05) is 5.16 Å². The molecule has 32 heavy (non-hydrogen) atoms. The Hall–Kier alpha value is -4.01. The number of benzene rings is 2. The summed E-state index contributed by atoms with van der Waals surface area (Å²) in [5.41, 5.74) is 8.22. The SMILES string of the molecule is CON=C(COc1ccc(OC)cc1)Cn1cc(C(N)=O)c2cc(N=CN(C)C)ccc21. The standard InChI is InChI=1S/C23H27N5O4/c1-27(2)15-25-16-5-10-22-20(11-16)21(23(24)29)13-28(22)12-17(26-31-4)14-32-19-8-6-18(30-3)7-9-19/h5-11,13,15H,12,14H2,1-4H3,(H2,24,29). The Kier molecular flexibility index (Phi) is 7.33. The Labute approximate surface area is 186 Å². The number of primary amides is 1. The lowest BCUT2D eigenvalue weighted by molar-refractivity contribution is 0.100. The maximum atomic E-state index is 12.1. The van der Waals surface area contributed by atoms with Gasteiger partial charge in [0, 0.05) is 31.2 Å². The summed E-state index contributed by atoms with van der Waals surface area (Å²) in [6, 6.07) is 12.9. The Bertz CT molecular complexity index is 1130. The van der Waals surface area contributed by atoms with E-state index >= 15 is 0 Å². The van der Waals surface area contributed by atoms with E-state index in [1.807, 2.05) is 66.0 Å². The minimum atomic E-state index is -0.512. The Morgan fingerprint density at radius 1 is 1.12 bits per heavy atom. The van der Waals surface area contributed by atoms with E-state index < -0.39 is 5.91 Å². The molecular formula is C23H27N5O4. The van der Waals surface area contributed by atoms with Gasteiger partial charge in [-0.15, -0.1) is 0 Å². The van der Waals surface area contributed by atoms with Crippen LogP contribution in [0, 0.1) is 0 Å². The lowest BCUT2D eigenvalue weighted by Crippen LogP contribution is -2.18. The van der Waals surface area contributed by atoms with E-state index in [1.165, 1.54) is 7.11 Å². The molecule has 0 fully saturated rings. The van der Waals surface area contributed by atoms with Crippen LogP contribution in [-0.2, 0) is 11.4 Å². The summed E-state index contributed by atoms with van der Waals surface area (Å²) in [6.45, 7) is 0.561. The molecule has 0 aliphatic heterocycles. The third kappa shape index (κ3) is 5.57. The van der Waals surface area contributed by atoms with Crippen LogP contribution in [0.25, 0.3) is 10.9 Å². The van der Waals surface area contributed by atoms with Gasteiger partial charge >= 0.3 is 0 Å². The van der Waals surface area contributed by atoms with Crippen LogP contribution in [-0.4, -0.2) is 62.3 Å². The fourth-order valence-corrected chi connectivity index (χ4v) is 3.14. The van der Waals surface area contributed by atoms with Gasteiger partial charge in [0.1, 0.15) is 30.9 Å². The van der Waals surface area contributed by atoms with E-state index in [-0.39, 0.29) is 6.61 Å². The van der Waals surface area contributed by atoms with E-state index in [9.17, 15) is 4.79 Å². The molecule has 9 nitrogen and oxygen atoms in total. The number of hydrogen-bond donors (Lipinski definition) is 1. The number of nitrogens with two attached hydrogens (primary N) is 1. The largest absolute Gasteiger partial charge is 0.497 e. The summed E-state index contributed by atoms with van der Waals surface area (Å²) in [7, 11) is 6.86. The third-order valence-corrected chi connectivity index (χ3v) is 4.61. The Morgan fingerprint density at radius 3 is 2.47 bits per heavy atom. The maximum absolute atomic E-state index is 12.1. The van der Waals surface area contributed by atoms with Crippen LogP contribution >= 0.6 is 0 Å². The number of amides is 1. The van der Waals surface area contributed by atoms with Crippen molar-refractivity contribution in [2.75, 3.05) is 34.9 Å². The summed E-state index contributed by atoms with van der Waals surface area (Å²) in [5.74, 6) is 0.908. The number of fused-ring (bicyclic) bond motifs is 1. The highest BCUT2D eigenvalue weighted by Gasteiger charge is 2.15. The molecule has 1 aromatic heterocycles. The maximum Gasteiger partial charge on any atom is 0.250 e. The average Bonchev–Trinajstić information content (AvgIpc) is 3.14. The minimum Gasteiger partial charge on any atom is -0.497 e. The van der Waals surface area contributed by atoms with Gasteiger partial charge in [-0.3, -0.25) is 4.79 Å². The lowest BCUT2D eigenvalue weighted by atomic mass is 10.1. The number of rotatable bonds is 10. The number of ether oxygens (including phenoxy) is 2. The Morgan fingerprint density at radius 2 is 1.84 bits per heavy atom. The molecule has 1 amide bonds. The summed E-state index contributed by atoms with van der Waals surface area (Å²) in [4.78, 5) is 23.3. The molecule has 0 unspecified atom stereocenters. The first-order valence-electron chi connectivity index (χ1n) is 9.90. The van der Waals surface area contributed by atoms with Gasteiger partial charge in [-0.05, 0) is 42.5 Å². The lowest BCUT2D eigenvalue weighted by Gasteiger charge is -2.11. The number of hydrogen-bond acceptors (Lipinski definition) is 6. The van der Waals surface area contributed by atoms with Crippen molar-refractivity contribution in [1.82, 2.24) is 9.47 Å². The molecule has 1 heterocycles. The second kappa shape index (κ2) is 10.3. The molecule has 2 aromatic carbocycles. The molecule has 0 saturated heterocycles. The van der Waals surface area contributed by atoms with E-state index in [0.717, 1.165) is 22.3 Å². The number of aliphatic imine (C=N–C) groups is 1. The molecule has 0 bridgehead atoms. The molecule has 9 heteroatoms. The normalized spacial score (nSPS) is 11.7. The first-order valence-corrected chi connectivity index (χ1v) is 9.90. The molecule has 168 valence electrons. The molecule has 2 N–H and O–H groups in total. The molecule has 0 radical (unpaired) electrons. The number of nitrogens with zero attached hydrogens (tertiary/aromatic N) is 4. The summed E-state index contributed by atoms with van der Waals surface area (Å²) in [6.07, 6.45) is 3.41. The quantitative estimate of drug-likeness (QED) is 0.298. The van der Waals surface area contributed by atoms with Gasteiger partial charge in [-0.25, -0.2) is 4.99 Å². The van der Waals surface area contributed by atoms with E-state index in [0.29, 0.717) is 23.6 Å². The van der Waals surface area contributed by atoms with E-state index in [4.69, 9.17) is 20.0 Å². The molecule has 3 aromatic rings. The summed E-state index contributed by atoms with van der Waals surface area (Å²) >= 11 is 0. The average molecular weight is 438 g/mol. The zero-order valence-corrected chi connectivity index (χ0v) is 18.6. The minimum absolute atomic E-state index is 0.205. The highest BCUT2D eigenvalue weighted by molar-refractivity contribution is 6.07. The smallest absolute Gasteiger partial charge is 0.250 e. The van der Waals surface area contributed by atoms with Gasteiger partial charge in [0.25, 0.3) is 5.91 Å². The Balaban J connectivity index is 1.85. The second-order valence-electron chi connectivity index (χ2n) is 7.25. The topological polar surface area (TPSA) is 104 Å². The van der Waals surface area contributed by atoms with Crippen molar-refractivity contribution in [2.45, 2.75) is 6.54 Å². The fourth-order valence-electron chi connectivity index (χ4n) is 3.14. The number of aromatic nitrogens is 1. The summed E-state index contributed by atoms with van der Waals surface area (Å²) in [5, 5.41) is 4.82. The number of carbonyl (C=O) groups is 1. The number of methoxy groups -OCH3 is 1. The van der Waals surface area contributed by atoms with Crippen LogP contribution < -0.4 is 15.2 Å². The molecular weight excluding hydrogens is 410 g/mol. The van der Waals surface area contributed by atoms with Gasteiger partial charge in [-0.2, -0.15) is 0 Å².